The zero-order valence-electron chi connectivity index (χ0n) is 18.6. The van der Waals surface area contributed by atoms with E-state index in [1.165, 1.54) is 23.1 Å². The zero-order chi connectivity index (χ0) is 25.3. The number of nitrogens with zero attached hydrogens (tertiary/aromatic N) is 3. The number of halogens is 1. The number of anilines is 1. The number of amides is 3. The SMILES string of the molecule is Cc1ccc(N2C(=O)C(N3C(=O)c4ccc([N+](=O)[O-])cc4C3=O)C2c2ccc3c(c2)OCO3)cc1F. The molecule has 1 fully saturated rings. The lowest BCUT2D eigenvalue weighted by atomic mass is 9.86. The number of rotatable bonds is 4. The normalized spacial score (nSPS) is 20.0. The first-order valence-electron chi connectivity index (χ1n) is 10.9. The third-order valence-corrected chi connectivity index (χ3v) is 6.63. The van der Waals surface area contributed by atoms with Crippen LogP contribution in [0.15, 0.2) is 54.6 Å². The predicted molar refractivity (Wildman–Crippen MR) is 121 cm³/mol. The Morgan fingerprint density at radius 2 is 1.64 bits per heavy atom. The second-order valence-corrected chi connectivity index (χ2v) is 8.61. The van der Waals surface area contributed by atoms with Crippen LogP contribution >= 0.6 is 0 Å². The van der Waals surface area contributed by atoms with Crippen molar-refractivity contribution in [1.29, 1.82) is 0 Å². The van der Waals surface area contributed by atoms with E-state index in [9.17, 15) is 28.9 Å². The van der Waals surface area contributed by atoms with Gasteiger partial charge in [-0.1, -0.05) is 12.1 Å². The highest BCUT2D eigenvalue weighted by Crippen LogP contribution is 2.46. The van der Waals surface area contributed by atoms with Gasteiger partial charge in [0.05, 0.1) is 22.1 Å². The monoisotopic (exact) mass is 489 g/mol. The van der Waals surface area contributed by atoms with E-state index in [0.717, 1.165) is 17.0 Å². The summed E-state index contributed by atoms with van der Waals surface area (Å²) in [4.78, 5) is 52.6. The topological polar surface area (TPSA) is 119 Å². The first kappa shape index (κ1) is 21.7. The molecule has 6 rings (SSSR count). The first-order valence-corrected chi connectivity index (χ1v) is 10.9. The zero-order valence-corrected chi connectivity index (χ0v) is 18.6. The summed E-state index contributed by atoms with van der Waals surface area (Å²) in [5, 5.41) is 11.2. The number of hydrogen-bond acceptors (Lipinski definition) is 7. The van der Waals surface area contributed by atoms with Crippen LogP contribution in [0.3, 0.4) is 0 Å². The quantitative estimate of drug-likeness (QED) is 0.238. The van der Waals surface area contributed by atoms with Crippen LogP contribution in [0.2, 0.25) is 0 Å². The molecule has 36 heavy (non-hydrogen) atoms. The molecule has 3 aromatic carbocycles. The number of nitro groups is 1. The molecule has 3 aliphatic heterocycles. The minimum Gasteiger partial charge on any atom is -0.454 e. The second-order valence-electron chi connectivity index (χ2n) is 8.61. The molecule has 11 heteroatoms. The van der Waals surface area contributed by atoms with Gasteiger partial charge in [0.15, 0.2) is 11.5 Å². The molecule has 180 valence electrons. The molecule has 3 aromatic rings. The number of imide groups is 1. The molecule has 0 N–H and O–H groups in total. The number of β-lactam (4-membered cyclic amide) rings is 1. The van der Waals surface area contributed by atoms with E-state index < -0.39 is 40.5 Å². The molecule has 3 aliphatic rings. The van der Waals surface area contributed by atoms with Gasteiger partial charge in [-0.15, -0.1) is 0 Å². The number of carbonyl (C=O) groups excluding carboxylic acids is 3. The van der Waals surface area contributed by atoms with Crippen LogP contribution in [0.25, 0.3) is 0 Å². The molecule has 10 nitrogen and oxygen atoms in total. The van der Waals surface area contributed by atoms with E-state index in [1.807, 2.05) is 0 Å². The van der Waals surface area contributed by atoms with Crippen molar-refractivity contribution >= 4 is 29.1 Å². The Balaban J connectivity index is 1.44. The molecule has 0 saturated carbocycles. The number of benzene rings is 3. The van der Waals surface area contributed by atoms with Crippen molar-refractivity contribution in [3.63, 3.8) is 0 Å². The molecule has 2 unspecified atom stereocenters. The van der Waals surface area contributed by atoms with Crippen LogP contribution in [0.5, 0.6) is 11.5 Å². The van der Waals surface area contributed by atoms with Gasteiger partial charge in [0.2, 0.25) is 6.79 Å². The smallest absolute Gasteiger partial charge is 0.270 e. The van der Waals surface area contributed by atoms with Gasteiger partial charge in [-0.05, 0) is 48.4 Å². The van der Waals surface area contributed by atoms with Crippen molar-refractivity contribution < 1.29 is 33.2 Å². The number of non-ortho nitro benzene ring substituents is 1. The average Bonchev–Trinajstić information content (AvgIpc) is 3.42. The molecule has 3 heterocycles. The fourth-order valence-electron chi connectivity index (χ4n) is 4.79. The van der Waals surface area contributed by atoms with Crippen LogP contribution in [-0.2, 0) is 4.79 Å². The highest BCUT2D eigenvalue weighted by molar-refractivity contribution is 6.25. The van der Waals surface area contributed by atoms with Gasteiger partial charge in [0.25, 0.3) is 23.4 Å². The molecular weight excluding hydrogens is 473 g/mol. The summed E-state index contributed by atoms with van der Waals surface area (Å²) in [6.07, 6.45) is 0. The van der Waals surface area contributed by atoms with Crippen molar-refractivity contribution in [2.24, 2.45) is 0 Å². The maximum atomic E-state index is 14.4. The van der Waals surface area contributed by atoms with Crippen LogP contribution in [-0.4, -0.2) is 40.4 Å². The van der Waals surface area contributed by atoms with Gasteiger partial charge >= 0.3 is 0 Å². The van der Waals surface area contributed by atoms with E-state index in [0.29, 0.717) is 22.6 Å². The summed E-state index contributed by atoms with van der Waals surface area (Å²) in [5.41, 5.74) is 0.668. The molecule has 0 bridgehead atoms. The molecular formula is C25H16FN3O7. The van der Waals surface area contributed by atoms with Crippen molar-refractivity contribution in [3.05, 3.63) is 92.8 Å². The Morgan fingerprint density at radius 1 is 0.889 bits per heavy atom. The number of ether oxygens (including phenoxy) is 2. The Bertz CT molecular complexity index is 1520. The predicted octanol–water partition coefficient (Wildman–Crippen LogP) is 3.52. The maximum Gasteiger partial charge on any atom is 0.270 e. The maximum absolute atomic E-state index is 14.4. The lowest BCUT2D eigenvalue weighted by Gasteiger charge is -2.49. The van der Waals surface area contributed by atoms with E-state index >= 15 is 0 Å². The van der Waals surface area contributed by atoms with Crippen molar-refractivity contribution in [2.75, 3.05) is 11.7 Å². The molecule has 0 aliphatic carbocycles. The number of carbonyl (C=O) groups is 3. The Kier molecular flexibility index (Phi) is 4.59. The highest BCUT2D eigenvalue weighted by Gasteiger charge is 2.57. The Hall–Kier alpha value is -4.80. The fourth-order valence-corrected chi connectivity index (χ4v) is 4.79. The molecule has 3 amide bonds. The molecule has 2 atom stereocenters. The Labute approximate surface area is 202 Å². The summed E-state index contributed by atoms with van der Waals surface area (Å²) in [6.45, 7) is 1.61. The molecule has 0 spiro atoms. The van der Waals surface area contributed by atoms with Crippen molar-refractivity contribution in [3.8, 4) is 11.5 Å². The number of fused-ring (bicyclic) bond motifs is 2. The highest BCUT2D eigenvalue weighted by atomic mass is 19.1. The van der Waals surface area contributed by atoms with Crippen LogP contribution < -0.4 is 14.4 Å². The summed E-state index contributed by atoms with van der Waals surface area (Å²) < 4.78 is 25.2. The lowest BCUT2D eigenvalue weighted by molar-refractivity contribution is -0.384. The van der Waals surface area contributed by atoms with Gasteiger partial charge in [0, 0.05) is 17.8 Å². The molecule has 0 radical (unpaired) electrons. The lowest BCUT2D eigenvalue weighted by Crippen LogP contribution is -2.67. The van der Waals surface area contributed by atoms with Crippen LogP contribution in [0.1, 0.15) is 37.9 Å². The average molecular weight is 489 g/mol. The van der Waals surface area contributed by atoms with Gasteiger partial charge in [-0.25, -0.2) is 4.39 Å². The first-order chi connectivity index (χ1) is 17.3. The summed E-state index contributed by atoms with van der Waals surface area (Å²) >= 11 is 0. The van der Waals surface area contributed by atoms with Gasteiger partial charge in [-0.2, -0.15) is 0 Å². The van der Waals surface area contributed by atoms with Crippen LogP contribution in [0.4, 0.5) is 15.8 Å². The minimum absolute atomic E-state index is 0.0237. The largest absolute Gasteiger partial charge is 0.454 e. The van der Waals surface area contributed by atoms with Gasteiger partial charge in [0.1, 0.15) is 11.9 Å². The van der Waals surface area contributed by atoms with E-state index in [1.54, 1.807) is 31.2 Å². The second kappa shape index (κ2) is 7.60. The van der Waals surface area contributed by atoms with E-state index in [-0.39, 0.29) is 29.3 Å². The fraction of sp³-hybridized carbons (Fsp3) is 0.160. The minimum atomic E-state index is -1.25. The number of aryl methyl sites for hydroxylation is 1. The molecule has 1 saturated heterocycles. The number of nitro benzene ring substituents is 1. The third-order valence-electron chi connectivity index (χ3n) is 6.63. The summed E-state index contributed by atoms with van der Waals surface area (Å²) in [5.74, 6) is -1.71. The summed E-state index contributed by atoms with van der Waals surface area (Å²) in [6, 6.07) is 10.6. The van der Waals surface area contributed by atoms with Gasteiger partial charge in [-0.3, -0.25) is 29.4 Å². The van der Waals surface area contributed by atoms with E-state index in [2.05, 4.69) is 0 Å². The van der Waals surface area contributed by atoms with Crippen molar-refractivity contribution in [2.45, 2.75) is 19.0 Å². The third kappa shape index (κ3) is 2.98. The van der Waals surface area contributed by atoms with Crippen LogP contribution in [0, 0.1) is 22.9 Å². The standard InChI is InChI=1S/C25H16FN3O7/c1-12-2-4-14(10-18(12)26)27-21(13-3-7-19-20(8-13)36-11-35-19)22(25(27)32)28-23(30)16-6-5-15(29(33)34)9-17(16)24(28)31/h2-10,21-22H,11H2,1H3. The van der Waals surface area contributed by atoms with Crippen molar-refractivity contribution in [1.82, 2.24) is 4.90 Å². The van der Waals surface area contributed by atoms with Gasteiger partial charge < -0.3 is 14.4 Å². The number of hydrogen-bond donors (Lipinski definition) is 0. The summed E-state index contributed by atoms with van der Waals surface area (Å²) in [7, 11) is 0. The van der Waals surface area contributed by atoms with E-state index in [4.69, 9.17) is 9.47 Å². The molecule has 0 aromatic heterocycles. The Morgan fingerprint density at radius 3 is 2.39 bits per heavy atom.